The van der Waals surface area contributed by atoms with Crippen molar-refractivity contribution in [3.8, 4) is 0 Å². The fourth-order valence-corrected chi connectivity index (χ4v) is 4.36. The summed E-state index contributed by atoms with van der Waals surface area (Å²) in [6.07, 6.45) is -0.245. The standard InChI is InChI=1S/C17H27N3O4S.ClH/c1-11-6-7-13(10-14(11)25(22,23)20-17(3,4)5)19-16(21)15-12(2)24-9-8-18-15;/h6-7,10,12,15,18,20H,8-9H2,1-5H3,(H,19,21);1H/t12-,15+;/m1./s1. The lowest BCUT2D eigenvalue weighted by Gasteiger charge is -2.29. The molecule has 0 aromatic heterocycles. The van der Waals surface area contributed by atoms with Gasteiger partial charge in [0, 0.05) is 17.8 Å². The molecular weight excluding hydrogens is 378 g/mol. The van der Waals surface area contributed by atoms with Crippen LogP contribution >= 0.6 is 12.4 Å². The van der Waals surface area contributed by atoms with E-state index in [1.54, 1.807) is 39.8 Å². The van der Waals surface area contributed by atoms with Crippen LogP contribution < -0.4 is 15.4 Å². The van der Waals surface area contributed by atoms with Gasteiger partial charge in [-0.05, 0) is 52.3 Å². The third-order valence-electron chi connectivity index (χ3n) is 3.78. The lowest BCUT2D eigenvalue weighted by atomic mass is 10.1. The topological polar surface area (TPSA) is 96.5 Å². The van der Waals surface area contributed by atoms with E-state index in [0.717, 1.165) is 0 Å². The molecule has 1 aliphatic rings. The van der Waals surface area contributed by atoms with E-state index in [0.29, 0.717) is 24.4 Å². The number of morpholine rings is 1. The van der Waals surface area contributed by atoms with E-state index < -0.39 is 21.6 Å². The molecule has 2 rings (SSSR count). The first-order valence-electron chi connectivity index (χ1n) is 8.30. The quantitative estimate of drug-likeness (QED) is 0.709. The van der Waals surface area contributed by atoms with Gasteiger partial charge in [0.1, 0.15) is 6.04 Å². The third kappa shape index (κ3) is 5.92. The molecule has 1 aromatic carbocycles. The second-order valence-corrected chi connectivity index (χ2v) is 8.98. The summed E-state index contributed by atoms with van der Waals surface area (Å²) in [6, 6.07) is 4.39. The highest BCUT2D eigenvalue weighted by atomic mass is 35.5. The molecule has 148 valence electrons. The fraction of sp³-hybridized carbons (Fsp3) is 0.588. The predicted octanol–water partition coefficient (Wildman–Crippen LogP) is 1.81. The first-order chi connectivity index (χ1) is 11.5. The summed E-state index contributed by atoms with van der Waals surface area (Å²) >= 11 is 0. The highest BCUT2D eigenvalue weighted by Gasteiger charge is 2.29. The van der Waals surface area contributed by atoms with Gasteiger partial charge in [0.25, 0.3) is 0 Å². The van der Waals surface area contributed by atoms with Gasteiger partial charge in [0.2, 0.25) is 15.9 Å². The molecule has 2 atom stereocenters. The maximum Gasteiger partial charge on any atom is 0.244 e. The molecular formula is C17H28ClN3O4S. The summed E-state index contributed by atoms with van der Waals surface area (Å²) in [4.78, 5) is 12.6. The van der Waals surface area contributed by atoms with E-state index in [9.17, 15) is 13.2 Å². The largest absolute Gasteiger partial charge is 0.375 e. The van der Waals surface area contributed by atoms with Crippen LogP contribution in [0.15, 0.2) is 23.1 Å². The first kappa shape index (κ1) is 22.9. The van der Waals surface area contributed by atoms with Crippen LogP contribution in [0.1, 0.15) is 33.3 Å². The molecule has 0 unspecified atom stereocenters. The van der Waals surface area contributed by atoms with E-state index in [-0.39, 0.29) is 29.3 Å². The molecule has 0 spiro atoms. The van der Waals surface area contributed by atoms with Gasteiger partial charge in [-0.3, -0.25) is 4.79 Å². The number of benzene rings is 1. The summed E-state index contributed by atoms with van der Waals surface area (Å²) < 4.78 is 33.3. The van der Waals surface area contributed by atoms with Gasteiger partial charge < -0.3 is 15.4 Å². The number of amides is 1. The van der Waals surface area contributed by atoms with Crippen LogP contribution in [0.5, 0.6) is 0 Å². The molecule has 7 nitrogen and oxygen atoms in total. The number of hydrogen-bond donors (Lipinski definition) is 3. The number of nitrogens with one attached hydrogen (secondary N) is 3. The number of ether oxygens (including phenoxy) is 1. The van der Waals surface area contributed by atoms with Crippen LogP contribution in [0.3, 0.4) is 0 Å². The number of halogens is 1. The van der Waals surface area contributed by atoms with E-state index in [1.165, 1.54) is 6.07 Å². The van der Waals surface area contributed by atoms with Gasteiger partial charge in [-0.1, -0.05) is 6.07 Å². The van der Waals surface area contributed by atoms with E-state index in [2.05, 4.69) is 15.4 Å². The lowest BCUT2D eigenvalue weighted by molar-refractivity contribution is -0.123. The third-order valence-corrected chi connectivity index (χ3v) is 5.68. The van der Waals surface area contributed by atoms with E-state index in [1.807, 2.05) is 6.92 Å². The van der Waals surface area contributed by atoms with Crippen LogP contribution in [0.25, 0.3) is 0 Å². The Bertz CT molecular complexity index is 747. The highest BCUT2D eigenvalue weighted by Crippen LogP contribution is 2.22. The van der Waals surface area contributed by atoms with Gasteiger partial charge in [-0.25, -0.2) is 13.1 Å². The van der Waals surface area contributed by atoms with Crippen LogP contribution in [0, 0.1) is 6.92 Å². The Morgan fingerprint density at radius 3 is 2.54 bits per heavy atom. The number of anilines is 1. The van der Waals surface area contributed by atoms with Crippen LogP contribution in [0.2, 0.25) is 0 Å². The molecule has 1 heterocycles. The first-order valence-corrected chi connectivity index (χ1v) is 9.78. The summed E-state index contributed by atoms with van der Waals surface area (Å²) in [5.41, 5.74) is 0.454. The zero-order chi connectivity index (χ0) is 18.8. The summed E-state index contributed by atoms with van der Waals surface area (Å²) in [6.45, 7) is 10.1. The summed E-state index contributed by atoms with van der Waals surface area (Å²) in [7, 11) is -3.68. The van der Waals surface area contributed by atoms with Crippen molar-refractivity contribution in [2.45, 2.75) is 57.2 Å². The van der Waals surface area contributed by atoms with Crippen LogP contribution in [-0.2, 0) is 19.6 Å². The second-order valence-electron chi connectivity index (χ2n) is 7.33. The SMILES string of the molecule is Cc1ccc(NC(=O)[C@H]2NCCO[C@@H]2C)cc1S(=O)(=O)NC(C)(C)C.Cl. The van der Waals surface area contributed by atoms with E-state index in [4.69, 9.17) is 4.74 Å². The molecule has 0 radical (unpaired) electrons. The molecule has 9 heteroatoms. The highest BCUT2D eigenvalue weighted by molar-refractivity contribution is 7.89. The smallest absolute Gasteiger partial charge is 0.244 e. The second kappa shape index (κ2) is 8.67. The molecule has 1 saturated heterocycles. The lowest BCUT2D eigenvalue weighted by Crippen LogP contribution is -2.53. The van der Waals surface area contributed by atoms with Crippen molar-refractivity contribution in [3.63, 3.8) is 0 Å². The number of aryl methyl sites for hydroxylation is 1. The predicted molar refractivity (Wildman–Crippen MR) is 104 cm³/mol. The summed E-state index contributed by atoms with van der Waals surface area (Å²) in [5.74, 6) is -0.247. The normalized spacial score (nSPS) is 21.0. The molecule has 1 amide bonds. The molecule has 1 aromatic rings. The Labute approximate surface area is 161 Å². The Kier molecular flexibility index (Phi) is 7.62. The Hall–Kier alpha value is -1.19. The van der Waals surface area contributed by atoms with Gasteiger partial charge in [0.15, 0.2) is 0 Å². The Morgan fingerprint density at radius 2 is 1.96 bits per heavy atom. The molecule has 0 aliphatic carbocycles. The van der Waals surface area contributed by atoms with Crippen molar-refractivity contribution < 1.29 is 17.9 Å². The summed E-state index contributed by atoms with van der Waals surface area (Å²) in [5, 5.41) is 5.88. The molecule has 0 saturated carbocycles. The van der Waals surface area contributed by atoms with Crippen molar-refractivity contribution in [2.75, 3.05) is 18.5 Å². The fourth-order valence-electron chi connectivity index (χ4n) is 2.67. The van der Waals surface area contributed by atoms with Crippen molar-refractivity contribution in [3.05, 3.63) is 23.8 Å². The monoisotopic (exact) mass is 405 g/mol. The van der Waals surface area contributed by atoms with Crippen molar-refractivity contribution >= 4 is 34.0 Å². The molecule has 1 fully saturated rings. The Balaban J connectivity index is 0.00000338. The molecule has 26 heavy (non-hydrogen) atoms. The minimum Gasteiger partial charge on any atom is -0.375 e. The number of hydrogen-bond acceptors (Lipinski definition) is 5. The maximum absolute atomic E-state index is 12.6. The van der Waals surface area contributed by atoms with Crippen LogP contribution in [0.4, 0.5) is 5.69 Å². The van der Waals surface area contributed by atoms with Gasteiger partial charge >= 0.3 is 0 Å². The molecule has 1 aliphatic heterocycles. The number of rotatable bonds is 4. The average Bonchev–Trinajstić information content (AvgIpc) is 2.47. The van der Waals surface area contributed by atoms with Crippen molar-refractivity contribution in [2.24, 2.45) is 0 Å². The number of carbonyl (C=O) groups excluding carboxylic acids is 1. The Morgan fingerprint density at radius 1 is 1.31 bits per heavy atom. The zero-order valence-corrected chi connectivity index (χ0v) is 17.4. The zero-order valence-electron chi connectivity index (χ0n) is 15.8. The van der Waals surface area contributed by atoms with E-state index >= 15 is 0 Å². The maximum atomic E-state index is 12.6. The van der Waals surface area contributed by atoms with Gasteiger partial charge in [-0.15, -0.1) is 12.4 Å². The minimum atomic E-state index is -3.68. The van der Waals surface area contributed by atoms with Gasteiger partial charge in [0.05, 0.1) is 17.6 Å². The van der Waals surface area contributed by atoms with Crippen molar-refractivity contribution in [1.82, 2.24) is 10.0 Å². The molecule has 0 bridgehead atoms. The van der Waals surface area contributed by atoms with Crippen LogP contribution in [-0.4, -0.2) is 45.2 Å². The average molecular weight is 406 g/mol. The number of sulfonamides is 1. The van der Waals surface area contributed by atoms with Crippen molar-refractivity contribution in [1.29, 1.82) is 0 Å². The minimum absolute atomic E-state index is 0. The molecule has 3 N–H and O–H groups in total. The van der Waals surface area contributed by atoms with Gasteiger partial charge in [-0.2, -0.15) is 0 Å². The number of carbonyl (C=O) groups is 1.